The van der Waals surface area contributed by atoms with Gasteiger partial charge in [0.15, 0.2) is 6.79 Å². The van der Waals surface area contributed by atoms with E-state index in [0.717, 1.165) is 31.6 Å². The Balaban J connectivity index is 1.69. The molecule has 198 valence electrons. The standard InChI is InChI=1S/C33H44NO2P/c1-5-18-33(3,37-32-17-14-26(2)21-29(32)24-34-19-10-7-11-20-34)30-23-28(15-16-31(30)36-25-35-4)22-27-12-8-6-9-13-27/h6,8-9,12-17,21,23,37H,5,7,10-11,18-20,22,24-25H2,1-4H3. The zero-order chi connectivity index (χ0) is 26.1. The van der Waals surface area contributed by atoms with Gasteiger partial charge in [0.05, 0.1) is 0 Å². The molecule has 3 aromatic rings. The third-order valence-corrected chi connectivity index (χ3v) is 9.31. The van der Waals surface area contributed by atoms with Crippen molar-refractivity contribution in [3.05, 3.63) is 94.5 Å². The SMILES string of the molecule is CCCC(C)(Pc1ccc(C)cc1CN1CCCCC1)c1cc(Cc2ccccc2)ccc1OCOC. The summed E-state index contributed by atoms with van der Waals surface area (Å²) in [5.41, 5.74) is 6.83. The number of piperidine rings is 1. The number of hydrogen-bond donors (Lipinski definition) is 0. The van der Waals surface area contributed by atoms with Gasteiger partial charge in [-0.2, -0.15) is 0 Å². The van der Waals surface area contributed by atoms with E-state index in [9.17, 15) is 0 Å². The van der Waals surface area contributed by atoms with Crippen LogP contribution in [0.4, 0.5) is 0 Å². The maximum Gasteiger partial charge on any atom is 0.188 e. The van der Waals surface area contributed by atoms with E-state index in [1.54, 1.807) is 7.11 Å². The van der Waals surface area contributed by atoms with Crippen LogP contribution in [0.15, 0.2) is 66.7 Å². The van der Waals surface area contributed by atoms with Gasteiger partial charge < -0.3 is 9.47 Å². The van der Waals surface area contributed by atoms with Crippen LogP contribution in [0.2, 0.25) is 0 Å². The lowest BCUT2D eigenvalue weighted by Gasteiger charge is -2.34. The van der Waals surface area contributed by atoms with Crippen LogP contribution in [0.1, 0.15) is 73.8 Å². The molecule has 0 N–H and O–H groups in total. The summed E-state index contributed by atoms with van der Waals surface area (Å²) in [7, 11) is 2.36. The molecule has 1 heterocycles. The summed E-state index contributed by atoms with van der Waals surface area (Å²) in [5, 5.41) is 1.48. The van der Waals surface area contributed by atoms with Crippen LogP contribution in [0.3, 0.4) is 0 Å². The molecule has 2 unspecified atom stereocenters. The van der Waals surface area contributed by atoms with Crippen LogP contribution in [0.25, 0.3) is 0 Å². The number of ether oxygens (including phenoxy) is 2. The van der Waals surface area contributed by atoms with Gasteiger partial charge in [-0.3, -0.25) is 4.90 Å². The van der Waals surface area contributed by atoms with E-state index < -0.39 is 0 Å². The average molecular weight is 518 g/mol. The summed E-state index contributed by atoms with van der Waals surface area (Å²) >= 11 is 0. The van der Waals surface area contributed by atoms with Crippen LogP contribution in [-0.2, 0) is 22.9 Å². The van der Waals surface area contributed by atoms with Gasteiger partial charge in [-0.1, -0.05) is 101 Å². The molecule has 1 fully saturated rings. The second-order valence-corrected chi connectivity index (χ2v) is 12.6. The molecule has 1 aliphatic rings. The van der Waals surface area contributed by atoms with Crippen molar-refractivity contribution in [3.63, 3.8) is 0 Å². The second-order valence-electron chi connectivity index (χ2n) is 10.7. The van der Waals surface area contributed by atoms with E-state index >= 15 is 0 Å². The Bertz CT molecular complexity index is 1130. The van der Waals surface area contributed by atoms with Gasteiger partial charge in [0.2, 0.25) is 0 Å². The highest BCUT2D eigenvalue weighted by Gasteiger charge is 2.31. The first-order chi connectivity index (χ1) is 18.0. The number of rotatable bonds is 12. The molecule has 4 heteroatoms. The van der Waals surface area contributed by atoms with E-state index in [1.165, 1.54) is 65.5 Å². The van der Waals surface area contributed by atoms with Crippen molar-refractivity contribution in [1.29, 1.82) is 0 Å². The first-order valence-electron chi connectivity index (χ1n) is 13.9. The largest absolute Gasteiger partial charge is 0.467 e. The van der Waals surface area contributed by atoms with Gasteiger partial charge in [-0.15, -0.1) is 0 Å². The quantitative estimate of drug-likeness (QED) is 0.183. The number of nitrogens with zero attached hydrogens (tertiary/aromatic N) is 1. The van der Waals surface area contributed by atoms with Gasteiger partial charge in [0.1, 0.15) is 5.75 Å². The Morgan fingerprint density at radius 1 is 0.919 bits per heavy atom. The second kappa shape index (κ2) is 13.6. The van der Waals surface area contributed by atoms with Crippen molar-refractivity contribution < 1.29 is 9.47 Å². The molecule has 4 rings (SSSR count). The molecule has 0 amide bonds. The molecule has 0 saturated carbocycles. The average Bonchev–Trinajstić information content (AvgIpc) is 2.91. The molecule has 1 saturated heterocycles. The summed E-state index contributed by atoms with van der Waals surface area (Å²) in [6.07, 6.45) is 7.19. The van der Waals surface area contributed by atoms with E-state index in [0.29, 0.717) is 8.58 Å². The van der Waals surface area contributed by atoms with E-state index in [1.807, 2.05) is 0 Å². The van der Waals surface area contributed by atoms with Crippen molar-refractivity contribution in [3.8, 4) is 5.75 Å². The number of likely N-dealkylation sites (tertiary alicyclic amines) is 1. The van der Waals surface area contributed by atoms with Crippen molar-refractivity contribution >= 4 is 13.9 Å². The Hall–Kier alpha value is -2.19. The lowest BCUT2D eigenvalue weighted by Crippen LogP contribution is -2.31. The van der Waals surface area contributed by atoms with Gasteiger partial charge in [0.25, 0.3) is 0 Å². The van der Waals surface area contributed by atoms with Crippen molar-refractivity contribution in [1.82, 2.24) is 4.90 Å². The fourth-order valence-electron chi connectivity index (χ4n) is 5.59. The Morgan fingerprint density at radius 2 is 1.70 bits per heavy atom. The fourth-order valence-corrected chi connectivity index (χ4v) is 7.37. The summed E-state index contributed by atoms with van der Waals surface area (Å²) in [6, 6.07) is 24.6. The molecule has 37 heavy (non-hydrogen) atoms. The maximum atomic E-state index is 6.17. The van der Waals surface area contributed by atoms with Crippen LogP contribution in [-0.4, -0.2) is 31.9 Å². The number of methoxy groups -OCH3 is 1. The lowest BCUT2D eigenvalue weighted by molar-refractivity contribution is 0.0500. The highest BCUT2D eigenvalue weighted by molar-refractivity contribution is 7.48. The normalized spacial score (nSPS) is 16.2. The molecule has 3 aromatic carbocycles. The smallest absolute Gasteiger partial charge is 0.188 e. The molecule has 2 atom stereocenters. The van der Waals surface area contributed by atoms with Crippen molar-refractivity contribution in [2.24, 2.45) is 0 Å². The lowest BCUT2D eigenvalue weighted by atomic mass is 9.91. The van der Waals surface area contributed by atoms with E-state index in [2.05, 4.69) is 92.4 Å². The molecule has 0 bridgehead atoms. The fraction of sp³-hybridized carbons (Fsp3) is 0.455. The molecular weight excluding hydrogens is 473 g/mol. The zero-order valence-electron chi connectivity index (χ0n) is 23.2. The molecular formula is C33H44NO2P. The minimum atomic E-state index is -0.0174. The minimum absolute atomic E-state index is 0.0174. The Labute approximate surface area is 226 Å². The first-order valence-corrected chi connectivity index (χ1v) is 14.9. The van der Waals surface area contributed by atoms with Gasteiger partial charge in [0, 0.05) is 24.4 Å². The maximum absolute atomic E-state index is 6.17. The Morgan fingerprint density at radius 3 is 2.43 bits per heavy atom. The van der Waals surface area contributed by atoms with Gasteiger partial charge in [-0.05, 0) is 73.8 Å². The Kier molecular flexibility index (Phi) is 10.2. The van der Waals surface area contributed by atoms with Crippen LogP contribution >= 0.6 is 8.58 Å². The molecule has 0 radical (unpaired) electrons. The highest BCUT2D eigenvalue weighted by atomic mass is 31.1. The first kappa shape index (κ1) is 27.8. The number of hydrogen-bond acceptors (Lipinski definition) is 3. The summed E-state index contributed by atoms with van der Waals surface area (Å²) in [4.78, 5) is 2.65. The molecule has 3 nitrogen and oxygen atoms in total. The van der Waals surface area contributed by atoms with E-state index in [4.69, 9.17) is 9.47 Å². The summed E-state index contributed by atoms with van der Waals surface area (Å²) < 4.78 is 11.5. The van der Waals surface area contributed by atoms with Crippen molar-refractivity contribution in [2.45, 2.75) is 71.0 Å². The van der Waals surface area contributed by atoms with Crippen LogP contribution in [0.5, 0.6) is 5.75 Å². The molecule has 1 aliphatic heterocycles. The van der Waals surface area contributed by atoms with Crippen LogP contribution in [0, 0.1) is 6.92 Å². The molecule has 0 spiro atoms. The monoisotopic (exact) mass is 517 g/mol. The van der Waals surface area contributed by atoms with Crippen LogP contribution < -0.4 is 10.0 Å². The number of aryl methyl sites for hydroxylation is 1. The summed E-state index contributed by atoms with van der Waals surface area (Å²) in [6.45, 7) is 10.7. The topological polar surface area (TPSA) is 21.7 Å². The zero-order valence-corrected chi connectivity index (χ0v) is 24.2. The number of benzene rings is 3. The van der Waals surface area contributed by atoms with Crippen molar-refractivity contribution in [2.75, 3.05) is 27.0 Å². The van der Waals surface area contributed by atoms with Gasteiger partial charge >= 0.3 is 0 Å². The molecule has 0 aromatic heterocycles. The predicted molar refractivity (Wildman–Crippen MR) is 159 cm³/mol. The third-order valence-electron chi connectivity index (χ3n) is 7.49. The highest BCUT2D eigenvalue weighted by Crippen LogP contribution is 2.49. The predicted octanol–water partition coefficient (Wildman–Crippen LogP) is 7.57. The third kappa shape index (κ3) is 7.66. The van der Waals surface area contributed by atoms with E-state index in [-0.39, 0.29) is 11.9 Å². The molecule has 0 aliphatic carbocycles. The minimum Gasteiger partial charge on any atom is -0.467 e. The summed E-state index contributed by atoms with van der Waals surface area (Å²) in [5.74, 6) is 0.951. The van der Waals surface area contributed by atoms with Gasteiger partial charge in [-0.25, -0.2) is 0 Å².